The highest BCUT2D eigenvalue weighted by molar-refractivity contribution is 5.35. The molecule has 0 spiro atoms. The maximum absolute atomic E-state index is 8.72. The first-order valence-electron chi connectivity index (χ1n) is 5.75. The first kappa shape index (κ1) is 12.2. The molecule has 1 atom stereocenters. The average molecular weight is 238 g/mol. The van der Waals surface area contributed by atoms with Crippen LogP contribution >= 0.6 is 0 Å². The van der Waals surface area contributed by atoms with Gasteiger partial charge in [-0.2, -0.15) is 5.26 Å². The quantitative estimate of drug-likeness (QED) is 0.890. The fraction of sp³-hybridized carbons (Fsp3) is 0.133. The van der Waals surface area contributed by atoms with Gasteiger partial charge in [-0.25, -0.2) is 0 Å². The van der Waals surface area contributed by atoms with Gasteiger partial charge in [-0.05, 0) is 29.8 Å². The summed E-state index contributed by atoms with van der Waals surface area (Å²) in [6.45, 7) is 0.407. The smallest absolute Gasteiger partial charge is 0.136 e. The highest BCUT2D eigenvalue weighted by Crippen LogP contribution is 2.21. The molecule has 0 amide bonds. The molecule has 0 aliphatic heterocycles. The summed E-state index contributed by atoms with van der Waals surface area (Å²) in [5.74, 6) is 0.716. The van der Waals surface area contributed by atoms with E-state index in [1.807, 2.05) is 30.3 Å². The van der Waals surface area contributed by atoms with Crippen molar-refractivity contribution in [1.29, 1.82) is 5.26 Å². The Labute approximate surface area is 106 Å². The van der Waals surface area contributed by atoms with Crippen LogP contribution in [-0.4, -0.2) is 6.54 Å². The Morgan fingerprint density at radius 2 is 1.72 bits per heavy atom. The second-order valence-corrected chi connectivity index (χ2v) is 3.89. The average Bonchev–Trinajstić information content (AvgIpc) is 2.46. The van der Waals surface area contributed by atoms with Gasteiger partial charge in [-0.1, -0.05) is 30.3 Å². The van der Waals surface area contributed by atoms with Crippen LogP contribution in [0.1, 0.15) is 17.2 Å². The third kappa shape index (κ3) is 2.88. The van der Waals surface area contributed by atoms with E-state index >= 15 is 0 Å². The number of rotatable bonds is 4. The molecule has 3 heteroatoms. The molecule has 0 bridgehead atoms. The molecule has 2 N–H and O–H groups in total. The third-order valence-corrected chi connectivity index (χ3v) is 2.65. The number of hydrogen-bond donors (Lipinski definition) is 1. The molecule has 0 radical (unpaired) electrons. The van der Waals surface area contributed by atoms with Crippen molar-refractivity contribution in [3.8, 4) is 11.8 Å². The molecule has 0 aromatic heterocycles. The van der Waals surface area contributed by atoms with E-state index in [1.165, 1.54) is 0 Å². The molecule has 2 aromatic rings. The minimum Gasteiger partial charge on any atom is -0.484 e. The van der Waals surface area contributed by atoms with Gasteiger partial charge in [0, 0.05) is 6.54 Å². The van der Waals surface area contributed by atoms with Crippen LogP contribution in [0.2, 0.25) is 0 Å². The van der Waals surface area contributed by atoms with Crippen LogP contribution in [0.4, 0.5) is 0 Å². The summed E-state index contributed by atoms with van der Waals surface area (Å²) >= 11 is 0. The van der Waals surface area contributed by atoms with Crippen LogP contribution < -0.4 is 10.5 Å². The number of nitriles is 1. The maximum atomic E-state index is 8.72. The molecule has 0 fully saturated rings. The second-order valence-electron chi connectivity index (χ2n) is 3.89. The van der Waals surface area contributed by atoms with E-state index in [0.29, 0.717) is 17.9 Å². The lowest BCUT2D eigenvalue weighted by Crippen LogP contribution is -2.18. The van der Waals surface area contributed by atoms with Gasteiger partial charge >= 0.3 is 0 Å². The minimum atomic E-state index is -0.167. The first-order chi connectivity index (χ1) is 8.83. The van der Waals surface area contributed by atoms with Gasteiger partial charge in [0.15, 0.2) is 0 Å². The highest BCUT2D eigenvalue weighted by atomic mass is 16.5. The standard InChI is InChI=1S/C15H14N2O/c16-10-12-6-8-14(9-7-12)18-15(11-17)13-4-2-1-3-5-13/h1-9,15H,11,17H2. The molecule has 0 aliphatic carbocycles. The van der Waals surface area contributed by atoms with E-state index in [0.717, 1.165) is 5.56 Å². The summed E-state index contributed by atoms with van der Waals surface area (Å²) in [6.07, 6.45) is -0.167. The van der Waals surface area contributed by atoms with Crippen molar-refractivity contribution in [1.82, 2.24) is 0 Å². The second kappa shape index (κ2) is 5.85. The van der Waals surface area contributed by atoms with Gasteiger partial charge < -0.3 is 10.5 Å². The number of nitrogens with two attached hydrogens (primary N) is 1. The lowest BCUT2D eigenvalue weighted by Gasteiger charge is -2.17. The summed E-state index contributed by atoms with van der Waals surface area (Å²) in [5.41, 5.74) is 7.39. The fourth-order valence-electron chi connectivity index (χ4n) is 1.69. The fourth-order valence-corrected chi connectivity index (χ4v) is 1.69. The zero-order valence-electron chi connectivity index (χ0n) is 9.91. The molecule has 0 saturated carbocycles. The zero-order chi connectivity index (χ0) is 12.8. The van der Waals surface area contributed by atoms with Gasteiger partial charge in [0.25, 0.3) is 0 Å². The number of benzene rings is 2. The van der Waals surface area contributed by atoms with Gasteiger partial charge in [0.05, 0.1) is 11.6 Å². The zero-order valence-corrected chi connectivity index (χ0v) is 9.91. The molecule has 2 rings (SSSR count). The SMILES string of the molecule is N#Cc1ccc(OC(CN)c2ccccc2)cc1. The van der Waals surface area contributed by atoms with Crippen molar-refractivity contribution in [3.05, 3.63) is 65.7 Å². The first-order valence-corrected chi connectivity index (χ1v) is 5.75. The molecule has 0 saturated heterocycles. The Morgan fingerprint density at radius 3 is 2.28 bits per heavy atom. The van der Waals surface area contributed by atoms with E-state index in [2.05, 4.69) is 6.07 Å². The summed E-state index contributed by atoms with van der Waals surface area (Å²) < 4.78 is 5.81. The Hall–Kier alpha value is -2.31. The van der Waals surface area contributed by atoms with Gasteiger partial charge in [-0.3, -0.25) is 0 Å². The monoisotopic (exact) mass is 238 g/mol. The summed E-state index contributed by atoms with van der Waals surface area (Å²) in [6, 6.07) is 18.9. The minimum absolute atomic E-state index is 0.167. The van der Waals surface area contributed by atoms with Gasteiger partial charge in [0.2, 0.25) is 0 Å². The maximum Gasteiger partial charge on any atom is 0.136 e. The van der Waals surface area contributed by atoms with Crippen LogP contribution in [0.5, 0.6) is 5.75 Å². The van der Waals surface area contributed by atoms with E-state index in [-0.39, 0.29) is 6.10 Å². The summed E-state index contributed by atoms with van der Waals surface area (Å²) in [5, 5.41) is 8.72. The van der Waals surface area contributed by atoms with Crippen molar-refractivity contribution in [3.63, 3.8) is 0 Å². The molecule has 0 heterocycles. The van der Waals surface area contributed by atoms with Gasteiger partial charge in [0.1, 0.15) is 11.9 Å². The van der Waals surface area contributed by atoms with E-state index < -0.39 is 0 Å². The van der Waals surface area contributed by atoms with Crippen molar-refractivity contribution in [2.45, 2.75) is 6.10 Å². The number of ether oxygens (including phenoxy) is 1. The molecule has 90 valence electrons. The Kier molecular flexibility index (Phi) is 3.95. The number of nitrogens with zero attached hydrogens (tertiary/aromatic N) is 1. The molecule has 0 aliphatic rings. The van der Waals surface area contributed by atoms with Crippen molar-refractivity contribution >= 4 is 0 Å². The van der Waals surface area contributed by atoms with Crippen LogP contribution in [0.15, 0.2) is 54.6 Å². The lowest BCUT2D eigenvalue weighted by molar-refractivity contribution is 0.214. The van der Waals surface area contributed by atoms with Crippen molar-refractivity contribution in [2.75, 3.05) is 6.54 Å². The topological polar surface area (TPSA) is 59.0 Å². The van der Waals surface area contributed by atoms with E-state index in [4.69, 9.17) is 15.7 Å². The highest BCUT2D eigenvalue weighted by Gasteiger charge is 2.10. The molecular formula is C15H14N2O. The normalized spacial score (nSPS) is 11.6. The molecule has 2 aromatic carbocycles. The van der Waals surface area contributed by atoms with Crippen molar-refractivity contribution < 1.29 is 4.74 Å². The van der Waals surface area contributed by atoms with E-state index in [1.54, 1.807) is 24.3 Å². The molecular weight excluding hydrogens is 224 g/mol. The van der Waals surface area contributed by atoms with E-state index in [9.17, 15) is 0 Å². The molecule has 1 unspecified atom stereocenters. The number of hydrogen-bond acceptors (Lipinski definition) is 3. The van der Waals surface area contributed by atoms with Crippen LogP contribution in [0.25, 0.3) is 0 Å². The van der Waals surface area contributed by atoms with Crippen LogP contribution in [-0.2, 0) is 0 Å². The summed E-state index contributed by atoms with van der Waals surface area (Å²) in [4.78, 5) is 0. The predicted octanol–water partition coefficient (Wildman–Crippen LogP) is 2.64. The predicted molar refractivity (Wildman–Crippen MR) is 70.0 cm³/mol. The Morgan fingerprint density at radius 1 is 1.06 bits per heavy atom. The van der Waals surface area contributed by atoms with Gasteiger partial charge in [-0.15, -0.1) is 0 Å². The Balaban J connectivity index is 2.13. The largest absolute Gasteiger partial charge is 0.484 e. The lowest BCUT2D eigenvalue weighted by atomic mass is 10.1. The summed E-state index contributed by atoms with van der Waals surface area (Å²) in [7, 11) is 0. The van der Waals surface area contributed by atoms with Crippen LogP contribution in [0.3, 0.4) is 0 Å². The molecule has 18 heavy (non-hydrogen) atoms. The molecule has 3 nitrogen and oxygen atoms in total. The Bertz CT molecular complexity index is 529. The van der Waals surface area contributed by atoms with Crippen molar-refractivity contribution in [2.24, 2.45) is 5.73 Å². The van der Waals surface area contributed by atoms with Crippen LogP contribution in [0, 0.1) is 11.3 Å². The third-order valence-electron chi connectivity index (χ3n) is 2.65.